The van der Waals surface area contributed by atoms with Crippen LogP contribution < -0.4 is 0 Å². The normalized spacial score (nSPS) is 10.3. The molecule has 0 radical (unpaired) electrons. The van der Waals surface area contributed by atoms with Gasteiger partial charge in [0.2, 0.25) is 0 Å². The standard InChI is InChI=1S/C10H6BrClN2O/c11-6-4-13-10(14-5-6)8-3-7(12)1-2-9(8)15/h1-5,15H. The van der Waals surface area contributed by atoms with Crippen LogP contribution in [-0.2, 0) is 0 Å². The van der Waals surface area contributed by atoms with Crippen molar-refractivity contribution in [1.29, 1.82) is 0 Å². The van der Waals surface area contributed by atoms with Gasteiger partial charge in [-0.2, -0.15) is 0 Å². The highest BCUT2D eigenvalue weighted by atomic mass is 79.9. The SMILES string of the molecule is Oc1ccc(Cl)cc1-c1ncc(Br)cn1. The summed E-state index contributed by atoms with van der Waals surface area (Å²) in [6.07, 6.45) is 3.23. The Morgan fingerprint density at radius 3 is 2.53 bits per heavy atom. The average Bonchev–Trinajstić information content (AvgIpc) is 2.23. The van der Waals surface area contributed by atoms with Gasteiger partial charge in [-0.1, -0.05) is 11.6 Å². The Labute approximate surface area is 99.9 Å². The van der Waals surface area contributed by atoms with Crippen molar-refractivity contribution in [3.8, 4) is 17.1 Å². The van der Waals surface area contributed by atoms with E-state index in [0.717, 1.165) is 4.47 Å². The molecule has 1 aromatic carbocycles. The molecular weight excluding hydrogens is 279 g/mol. The molecule has 0 atom stereocenters. The lowest BCUT2D eigenvalue weighted by atomic mass is 10.2. The zero-order chi connectivity index (χ0) is 10.8. The minimum Gasteiger partial charge on any atom is -0.507 e. The summed E-state index contributed by atoms with van der Waals surface area (Å²) < 4.78 is 0.785. The zero-order valence-electron chi connectivity index (χ0n) is 7.48. The summed E-state index contributed by atoms with van der Waals surface area (Å²) in [5, 5.41) is 10.1. The number of aromatic nitrogens is 2. The fourth-order valence-corrected chi connectivity index (χ4v) is 1.52. The highest BCUT2D eigenvalue weighted by Crippen LogP contribution is 2.29. The summed E-state index contributed by atoms with van der Waals surface area (Å²) in [4.78, 5) is 8.15. The van der Waals surface area contributed by atoms with E-state index in [9.17, 15) is 5.11 Å². The second-order valence-corrected chi connectivity index (χ2v) is 4.24. The van der Waals surface area contributed by atoms with Crippen LogP contribution in [0.15, 0.2) is 35.1 Å². The van der Waals surface area contributed by atoms with E-state index in [1.165, 1.54) is 6.07 Å². The van der Waals surface area contributed by atoms with Crippen LogP contribution in [-0.4, -0.2) is 15.1 Å². The fraction of sp³-hybridized carbons (Fsp3) is 0. The Hall–Kier alpha value is -1.13. The monoisotopic (exact) mass is 284 g/mol. The number of hydrogen-bond donors (Lipinski definition) is 1. The van der Waals surface area contributed by atoms with Crippen molar-refractivity contribution in [2.45, 2.75) is 0 Å². The van der Waals surface area contributed by atoms with E-state index in [4.69, 9.17) is 11.6 Å². The highest BCUT2D eigenvalue weighted by molar-refractivity contribution is 9.10. The molecule has 2 aromatic rings. The number of nitrogens with zero attached hydrogens (tertiary/aromatic N) is 2. The number of aromatic hydroxyl groups is 1. The van der Waals surface area contributed by atoms with E-state index in [-0.39, 0.29) is 5.75 Å². The van der Waals surface area contributed by atoms with Crippen LogP contribution in [0.4, 0.5) is 0 Å². The van der Waals surface area contributed by atoms with Crippen molar-refractivity contribution < 1.29 is 5.11 Å². The van der Waals surface area contributed by atoms with E-state index in [2.05, 4.69) is 25.9 Å². The Morgan fingerprint density at radius 2 is 1.87 bits per heavy atom. The second-order valence-electron chi connectivity index (χ2n) is 2.89. The second kappa shape index (κ2) is 4.16. The van der Waals surface area contributed by atoms with Crippen molar-refractivity contribution >= 4 is 27.5 Å². The molecule has 1 aromatic heterocycles. The maximum Gasteiger partial charge on any atom is 0.162 e. The van der Waals surface area contributed by atoms with Gasteiger partial charge in [-0.05, 0) is 34.1 Å². The van der Waals surface area contributed by atoms with Crippen LogP contribution in [0.3, 0.4) is 0 Å². The molecule has 0 saturated heterocycles. The average molecular weight is 286 g/mol. The van der Waals surface area contributed by atoms with Crippen LogP contribution >= 0.6 is 27.5 Å². The maximum atomic E-state index is 9.61. The molecule has 76 valence electrons. The number of phenolic OH excluding ortho intramolecular Hbond substituents is 1. The van der Waals surface area contributed by atoms with Gasteiger partial charge in [-0.15, -0.1) is 0 Å². The van der Waals surface area contributed by atoms with Gasteiger partial charge >= 0.3 is 0 Å². The van der Waals surface area contributed by atoms with E-state index < -0.39 is 0 Å². The minimum atomic E-state index is 0.113. The van der Waals surface area contributed by atoms with Crippen molar-refractivity contribution in [3.63, 3.8) is 0 Å². The summed E-state index contributed by atoms with van der Waals surface area (Å²) >= 11 is 9.06. The third-order valence-corrected chi connectivity index (χ3v) is 2.46. The van der Waals surface area contributed by atoms with Crippen molar-refractivity contribution in [2.75, 3.05) is 0 Å². The lowest BCUT2D eigenvalue weighted by Crippen LogP contribution is -1.88. The first-order valence-corrected chi connectivity index (χ1v) is 5.30. The molecule has 0 saturated carbocycles. The quantitative estimate of drug-likeness (QED) is 0.875. The molecule has 2 rings (SSSR count). The smallest absolute Gasteiger partial charge is 0.162 e. The molecule has 0 spiro atoms. The van der Waals surface area contributed by atoms with Gasteiger partial charge in [-0.3, -0.25) is 0 Å². The lowest BCUT2D eigenvalue weighted by molar-refractivity contribution is 0.477. The van der Waals surface area contributed by atoms with Gasteiger partial charge in [0.1, 0.15) is 5.75 Å². The Balaban J connectivity index is 2.53. The van der Waals surface area contributed by atoms with Gasteiger partial charge in [0.25, 0.3) is 0 Å². The number of hydrogen-bond acceptors (Lipinski definition) is 3. The molecular formula is C10H6BrClN2O. The van der Waals surface area contributed by atoms with Gasteiger partial charge in [0.15, 0.2) is 5.82 Å². The van der Waals surface area contributed by atoms with E-state index in [0.29, 0.717) is 16.4 Å². The van der Waals surface area contributed by atoms with Crippen molar-refractivity contribution in [2.24, 2.45) is 0 Å². The highest BCUT2D eigenvalue weighted by Gasteiger charge is 2.07. The summed E-state index contributed by atoms with van der Waals surface area (Å²) in [6, 6.07) is 4.75. The third kappa shape index (κ3) is 2.27. The third-order valence-electron chi connectivity index (χ3n) is 1.82. The molecule has 1 N–H and O–H groups in total. The van der Waals surface area contributed by atoms with Crippen LogP contribution in [0.5, 0.6) is 5.75 Å². The number of rotatable bonds is 1. The van der Waals surface area contributed by atoms with Crippen LogP contribution in [0.25, 0.3) is 11.4 Å². The van der Waals surface area contributed by atoms with Gasteiger partial charge in [0, 0.05) is 17.4 Å². The number of benzene rings is 1. The summed E-state index contributed by atoms with van der Waals surface area (Å²) in [5.74, 6) is 0.555. The maximum absolute atomic E-state index is 9.61. The lowest BCUT2D eigenvalue weighted by Gasteiger charge is -2.03. The molecule has 0 bridgehead atoms. The van der Waals surface area contributed by atoms with E-state index in [1.807, 2.05) is 0 Å². The Kier molecular flexibility index (Phi) is 2.88. The zero-order valence-corrected chi connectivity index (χ0v) is 9.83. The topological polar surface area (TPSA) is 46.0 Å². The molecule has 1 heterocycles. The van der Waals surface area contributed by atoms with Crippen LogP contribution in [0.2, 0.25) is 5.02 Å². The van der Waals surface area contributed by atoms with Crippen molar-refractivity contribution in [3.05, 3.63) is 40.1 Å². The predicted molar refractivity (Wildman–Crippen MR) is 61.8 cm³/mol. The van der Waals surface area contributed by atoms with Gasteiger partial charge in [0.05, 0.1) is 10.0 Å². The predicted octanol–water partition coefficient (Wildman–Crippen LogP) is 3.27. The minimum absolute atomic E-state index is 0.113. The van der Waals surface area contributed by atoms with Gasteiger partial charge < -0.3 is 5.11 Å². The van der Waals surface area contributed by atoms with E-state index in [1.54, 1.807) is 24.5 Å². The summed E-state index contributed by atoms with van der Waals surface area (Å²) in [6.45, 7) is 0. The number of halogens is 2. The number of phenols is 1. The first kappa shape index (κ1) is 10.4. The van der Waals surface area contributed by atoms with Crippen LogP contribution in [0, 0.1) is 0 Å². The molecule has 0 aliphatic carbocycles. The first-order valence-electron chi connectivity index (χ1n) is 4.13. The molecule has 0 fully saturated rings. The Bertz CT molecular complexity index is 487. The molecule has 5 heteroatoms. The van der Waals surface area contributed by atoms with E-state index >= 15 is 0 Å². The summed E-state index contributed by atoms with van der Waals surface area (Å²) in [7, 11) is 0. The molecule has 0 aliphatic heterocycles. The molecule has 0 unspecified atom stereocenters. The first-order chi connectivity index (χ1) is 7.16. The largest absolute Gasteiger partial charge is 0.507 e. The van der Waals surface area contributed by atoms with Gasteiger partial charge in [-0.25, -0.2) is 9.97 Å². The molecule has 0 aliphatic rings. The molecule has 3 nitrogen and oxygen atoms in total. The molecule has 15 heavy (non-hydrogen) atoms. The summed E-state index contributed by atoms with van der Waals surface area (Å²) in [5.41, 5.74) is 0.523. The van der Waals surface area contributed by atoms with Crippen molar-refractivity contribution in [1.82, 2.24) is 9.97 Å². The fourth-order valence-electron chi connectivity index (χ4n) is 1.14. The Morgan fingerprint density at radius 1 is 1.20 bits per heavy atom. The van der Waals surface area contributed by atoms with Crippen LogP contribution in [0.1, 0.15) is 0 Å². The molecule has 0 amide bonds.